The highest BCUT2D eigenvalue weighted by molar-refractivity contribution is 5.73. The minimum absolute atomic E-state index is 0.0338. The lowest BCUT2D eigenvalue weighted by Crippen LogP contribution is -2.39. The smallest absolute Gasteiger partial charge is 0.317 e. The molecule has 1 aromatic rings. The molecular formula is C19H30N4O3. The second kappa shape index (κ2) is 12.0. The Morgan fingerprint density at radius 1 is 1.54 bits per heavy atom. The van der Waals surface area contributed by atoms with E-state index in [2.05, 4.69) is 34.8 Å². The Hall–Kier alpha value is -2.41. The lowest BCUT2D eigenvalue weighted by Gasteiger charge is -2.19. The normalized spacial score (nSPS) is 16.3. The summed E-state index contributed by atoms with van der Waals surface area (Å²) in [6, 6.07) is 4.03. The van der Waals surface area contributed by atoms with Gasteiger partial charge < -0.3 is 15.3 Å². The first kappa shape index (κ1) is 21.6. The summed E-state index contributed by atoms with van der Waals surface area (Å²) in [5.74, 6) is 0.536. The molecule has 0 aromatic carbocycles. The predicted octanol–water partition coefficient (Wildman–Crippen LogP) is 1.99. The molecule has 2 heterocycles. The number of carboxylic acid groups (broad SMARTS) is 1. The van der Waals surface area contributed by atoms with Crippen molar-refractivity contribution in [2.45, 2.75) is 26.3 Å². The number of amides is 2. The van der Waals surface area contributed by atoms with Crippen LogP contribution in [0.3, 0.4) is 0 Å². The van der Waals surface area contributed by atoms with Crippen LogP contribution in [0.4, 0.5) is 4.79 Å². The third-order valence-electron chi connectivity index (χ3n) is 4.34. The Balaban J connectivity index is 0.00000105. The molecule has 0 bridgehead atoms. The molecule has 1 saturated heterocycles. The van der Waals surface area contributed by atoms with Crippen molar-refractivity contribution in [1.82, 2.24) is 20.1 Å². The third-order valence-corrected chi connectivity index (χ3v) is 4.34. The van der Waals surface area contributed by atoms with Crippen molar-refractivity contribution in [3.8, 4) is 0 Å². The van der Waals surface area contributed by atoms with Gasteiger partial charge in [0.25, 0.3) is 6.47 Å². The van der Waals surface area contributed by atoms with E-state index in [1.807, 2.05) is 25.4 Å². The Bertz CT molecular complexity index is 562. The monoisotopic (exact) mass is 362 g/mol. The molecule has 26 heavy (non-hydrogen) atoms. The van der Waals surface area contributed by atoms with Crippen LogP contribution >= 0.6 is 0 Å². The van der Waals surface area contributed by atoms with Crippen LogP contribution in [0.25, 0.3) is 0 Å². The Labute approximate surface area is 155 Å². The number of urea groups is 1. The third kappa shape index (κ3) is 7.65. The maximum atomic E-state index is 12.2. The summed E-state index contributed by atoms with van der Waals surface area (Å²) in [5.41, 5.74) is 2.13. The van der Waals surface area contributed by atoms with Gasteiger partial charge in [-0.25, -0.2) is 4.79 Å². The Morgan fingerprint density at radius 2 is 2.27 bits per heavy atom. The van der Waals surface area contributed by atoms with Gasteiger partial charge in [-0.15, -0.1) is 6.58 Å². The fourth-order valence-electron chi connectivity index (χ4n) is 2.87. The highest BCUT2D eigenvalue weighted by atomic mass is 16.3. The number of nitrogens with one attached hydrogen (secondary N) is 1. The molecule has 0 spiro atoms. The van der Waals surface area contributed by atoms with Crippen LogP contribution in [0.5, 0.6) is 0 Å². The first-order valence-electron chi connectivity index (χ1n) is 8.87. The second-order valence-corrected chi connectivity index (χ2v) is 6.36. The van der Waals surface area contributed by atoms with Crippen LogP contribution in [0, 0.1) is 5.92 Å². The molecule has 0 saturated carbocycles. The summed E-state index contributed by atoms with van der Waals surface area (Å²) in [7, 11) is 1.81. The van der Waals surface area contributed by atoms with Gasteiger partial charge in [-0.3, -0.25) is 14.7 Å². The lowest BCUT2D eigenvalue weighted by atomic mass is 10.1. The highest BCUT2D eigenvalue weighted by Crippen LogP contribution is 2.15. The summed E-state index contributed by atoms with van der Waals surface area (Å²) >= 11 is 0. The van der Waals surface area contributed by atoms with E-state index in [0.717, 1.165) is 44.7 Å². The average Bonchev–Trinajstić information content (AvgIpc) is 3.09. The molecule has 0 aliphatic carbocycles. The Morgan fingerprint density at radius 3 is 2.85 bits per heavy atom. The van der Waals surface area contributed by atoms with Gasteiger partial charge >= 0.3 is 6.03 Å². The van der Waals surface area contributed by atoms with Gasteiger partial charge in [0.1, 0.15) is 0 Å². The number of rotatable bonds is 7. The van der Waals surface area contributed by atoms with Crippen molar-refractivity contribution in [3.63, 3.8) is 0 Å². The second-order valence-electron chi connectivity index (χ2n) is 6.36. The summed E-state index contributed by atoms with van der Waals surface area (Å²) in [6.45, 7) is 9.96. The molecular weight excluding hydrogens is 332 g/mol. The van der Waals surface area contributed by atoms with Crippen molar-refractivity contribution in [3.05, 3.63) is 42.2 Å². The van der Waals surface area contributed by atoms with Gasteiger partial charge in [0.2, 0.25) is 0 Å². The van der Waals surface area contributed by atoms with Crippen molar-refractivity contribution in [2.75, 3.05) is 33.2 Å². The fraction of sp³-hybridized carbons (Fsp3) is 0.526. The molecule has 1 fully saturated rings. The number of nitrogens with zero attached hydrogens (tertiary/aromatic N) is 3. The molecule has 2 amide bonds. The average molecular weight is 362 g/mol. The molecule has 1 aromatic heterocycles. The van der Waals surface area contributed by atoms with E-state index in [4.69, 9.17) is 9.90 Å². The number of hydrogen-bond donors (Lipinski definition) is 2. The molecule has 1 aliphatic heterocycles. The first-order chi connectivity index (χ1) is 12.5. The molecule has 7 nitrogen and oxygen atoms in total. The number of aromatic nitrogens is 1. The van der Waals surface area contributed by atoms with Crippen molar-refractivity contribution >= 4 is 12.5 Å². The molecule has 2 N–H and O–H groups in total. The fourth-order valence-corrected chi connectivity index (χ4v) is 2.87. The zero-order chi connectivity index (χ0) is 19.4. The van der Waals surface area contributed by atoms with Crippen LogP contribution in [0.1, 0.15) is 24.6 Å². The number of hydrogen-bond acceptors (Lipinski definition) is 4. The van der Waals surface area contributed by atoms with Crippen LogP contribution < -0.4 is 5.32 Å². The molecule has 2 rings (SSSR count). The van der Waals surface area contributed by atoms with Crippen LogP contribution in [-0.4, -0.2) is 65.6 Å². The van der Waals surface area contributed by atoms with E-state index < -0.39 is 0 Å². The molecule has 1 unspecified atom stereocenters. The summed E-state index contributed by atoms with van der Waals surface area (Å²) < 4.78 is 0. The standard InChI is InChI=1S/C18H28N4O.CH2O2/c1-4-9-22-10-8-16(13-22)12-20-18(23)21(3)14-17-7-6-15(5-2)11-19-17;2-1-3/h4,6-7,11,16H,1,5,8-10,12-14H2,2-3H3,(H,20,23);1H,(H,2,3). The number of aryl methyl sites for hydroxylation is 1. The van der Waals surface area contributed by atoms with Gasteiger partial charge in [-0.05, 0) is 36.9 Å². The van der Waals surface area contributed by atoms with Gasteiger partial charge in [0.15, 0.2) is 0 Å². The van der Waals surface area contributed by atoms with Crippen LogP contribution in [0.15, 0.2) is 31.0 Å². The van der Waals surface area contributed by atoms with E-state index in [1.165, 1.54) is 5.56 Å². The molecule has 0 radical (unpaired) electrons. The van der Waals surface area contributed by atoms with Gasteiger partial charge in [0.05, 0.1) is 12.2 Å². The van der Waals surface area contributed by atoms with Crippen molar-refractivity contribution in [1.29, 1.82) is 0 Å². The molecule has 1 atom stereocenters. The number of pyridine rings is 1. The Kier molecular flexibility index (Phi) is 10.0. The van der Waals surface area contributed by atoms with E-state index in [9.17, 15) is 4.79 Å². The number of likely N-dealkylation sites (tertiary alicyclic amines) is 1. The topological polar surface area (TPSA) is 85.8 Å². The van der Waals surface area contributed by atoms with Crippen molar-refractivity contribution in [2.24, 2.45) is 5.92 Å². The zero-order valence-corrected chi connectivity index (χ0v) is 15.7. The zero-order valence-electron chi connectivity index (χ0n) is 15.7. The molecule has 1 aliphatic rings. The quantitative estimate of drug-likeness (QED) is 0.572. The molecule has 7 heteroatoms. The van der Waals surface area contributed by atoms with Gasteiger partial charge in [-0.2, -0.15) is 0 Å². The SMILES string of the molecule is C=CCN1CCC(CNC(=O)N(C)Cc2ccc(CC)cn2)C1.O=CO. The van der Waals surface area contributed by atoms with E-state index in [0.29, 0.717) is 12.5 Å². The molecule has 144 valence electrons. The maximum absolute atomic E-state index is 12.2. The van der Waals surface area contributed by atoms with Gasteiger partial charge in [0, 0.05) is 32.9 Å². The minimum Gasteiger partial charge on any atom is -0.483 e. The summed E-state index contributed by atoms with van der Waals surface area (Å²) in [4.78, 5) is 29.0. The van der Waals surface area contributed by atoms with Crippen molar-refractivity contribution < 1.29 is 14.7 Å². The summed E-state index contributed by atoms with van der Waals surface area (Å²) in [5, 5.41) is 9.93. The van der Waals surface area contributed by atoms with Crippen LogP contribution in [0.2, 0.25) is 0 Å². The van der Waals surface area contributed by atoms with E-state index in [1.54, 1.807) is 4.90 Å². The largest absolute Gasteiger partial charge is 0.483 e. The highest BCUT2D eigenvalue weighted by Gasteiger charge is 2.22. The van der Waals surface area contributed by atoms with E-state index >= 15 is 0 Å². The minimum atomic E-state index is -0.250. The lowest BCUT2D eigenvalue weighted by molar-refractivity contribution is -0.122. The predicted molar refractivity (Wildman–Crippen MR) is 102 cm³/mol. The summed E-state index contributed by atoms with van der Waals surface area (Å²) in [6.07, 6.45) is 5.94. The maximum Gasteiger partial charge on any atom is 0.317 e. The van der Waals surface area contributed by atoms with E-state index in [-0.39, 0.29) is 12.5 Å². The number of carbonyl (C=O) groups excluding carboxylic acids is 1. The first-order valence-corrected chi connectivity index (χ1v) is 8.87. The number of carbonyl (C=O) groups is 2. The van der Waals surface area contributed by atoms with Gasteiger partial charge in [-0.1, -0.05) is 19.1 Å². The van der Waals surface area contributed by atoms with Crippen LogP contribution in [-0.2, 0) is 17.8 Å².